The highest BCUT2D eigenvalue weighted by Gasteiger charge is 2.34. The number of hydrogen-bond donors (Lipinski definition) is 2. The quantitative estimate of drug-likeness (QED) is 0.901. The van der Waals surface area contributed by atoms with Gasteiger partial charge in [-0.3, -0.25) is 9.59 Å². The van der Waals surface area contributed by atoms with Crippen molar-refractivity contribution in [2.45, 2.75) is 29.7 Å². The number of carbonyl (C=O) groups is 2. The van der Waals surface area contributed by atoms with Gasteiger partial charge in [0.15, 0.2) is 0 Å². The normalized spacial score (nSPS) is 17.9. The summed E-state index contributed by atoms with van der Waals surface area (Å²) in [6.45, 7) is 2.23. The average molecular weight is 318 g/mol. The van der Waals surface area contributed by atoms with E-state index >= 15 is 0 Å². The van der Waals surface area contributed by atoms with E-state index in [0.29, 0.717) is 11.4 Å². The third-order valence-corrected chi connectivity index (χ3v) is 4.15. The molecule has 4 nitrogen and oxygen atoms in total. The summed E-state index contributed by atoms with van der Waals surface area (Å²) >= 11 is 1.10. The summed E-state index contributed by atoms with van der Waals surface area (Å²) in [5.41, 5.74) is -0.684. The highest BCUT2D eigenvalue weighted by molar-refractivity contribution is 8.01. The largest absolute Gasteiger partial charge is 0.416 e. The standard InChI is InChI=1S/C13H13F3N2O2S/c1-2-17-11(19)6-10-12(20)18-8-5-7(13(14,15)16)3-4-9(8)21-10/h3-5,10H,2,6H2,1H3,(H,17,19)(H,18,20)/t10-/m1/s1. The van der Waals surface area contributed by atoms with Gasteiger partial charge in [-0.25, -0.2) is 0 Å². The third-order valence-electron chi connectivity index (χ3n) is 2.87. The molecule has 0 aliphatic carbocycles. The third kappa shape index (κ3) is 3.69. The Kier molecular flexibility index (Phi) is 4.46. The molecule has 8 heteroatoms. The lowest BCUT2D eigenvalue weighted by Gasteiger charge is -2.24. The first-order valence-corrected chi connectivity index (χ1v) is 7.14. The molecule has 0 radical (unpaired) electrons. The van der Waals surface area contributed by atoms with Crippen molar-refractivity contribution in [1.82, 2.24) is 5.32 Å². The van der Waals surface area contributed by atoms with Crippen LogP contribution in [-0.2, 0) is 15.8 Å². The number of carbonyl (C=O) groups excluding carboxylic acids is 2. The van der Waals surface area contributed by atoms with E-state index in [-0.39, 0.29) is 18.0 Å². The van der Waals surface area contributed by atoms with Crippen LogP contribution in [0.2, 0.25) is 0 Å². The predicted octanol–water partition coefficient (Wildman–Crippen LogP) is 2.64. The van der Waals surface area contributed by atoms with Gasteiger partial charge in [0.2, 0.25) is 11.8 Å². The predicted molar refractivity (Wildman–Crippen MR) is 73.0 cm³/mol. The minimum atomic E-state index is -4.46. The summed E-state index contributed by atoms with van der Waals surface area (Å²) < 4.78 is 37.8. The Balaban J connectivity index is 2.17. The maximum Gasteiger partial charge on any atom is 0.416 e. The fourth-order valence-corrected chi connectivity index (χ4v) is 2.99. The van der Waals surface area contributed by atoms with Gasteiger partial charge in [0, 0.05) is 17.9 Å². The van der Waals surface area contributed by atoms with Crippen LogP contribution in [-0.4, -0.2) is 23.6 Å². The molecule has 1 aromatic rings. The summed E-state index contributed by atoms with van der Waals surface area (Å²) in [4.78, 5) is 23.9. The molecule has 0 fully saturated rings. The van der Waals surface area contributed by atoms with Crippen molar-refractivity contribution in [3.8, 4) is 0 Å². The summed E-state index contributed by atoms with van der Waals surface area (Å²) in [6, 6.07) is 3.18. The van der Waals surface area contributed by atoms with Crippen LogP contribution < -0.4 is 10.6 Å². The molecular weight excluding hydrogens is 305 g/mol. The van der Waals surface area contributed by atoms with Crippen molar-refractivity contribution in [2.75, 3.05) is 11.9 Å². The summed E-state index contributed by atoms with van der Waals surface area (Å²) in [5, 5.41) is 4.38. The van der Waals surface area contributed by atoms with Crippen molar-refractivity contribution < 1.29 is 22.8 Å². The molecule has 2 amide bonds. The Labute approximate surface area is 123 Å². The van der Waals surface area contributed by atoms with Crippen LogP contribution in [0.1, 0.15) is 18.9 Å². The Morgan fingerprint density at radius 1 is 1.43 bits per heavy atom. The number of anilines is 1. The van der Waals surface area contributed by atoms with Crippen LogP contribution in [0, 0.1) is 0 Å². The second-order valence-corrected chi connectivity index (χ2v) is 5.71. The van der Waals surface area contributed by atoms with E-state index in [1.54, 1.807) is 6.92 Å². The zero-order chi connectivity index (χ0) is 15.6. The molecule has 1 aromatic carbocycles. The van der Waals surface area contributed by atoms with Crippen LogP contribution in [0.25, 0.3) is 0 Å². The number of amides is 2. The number of thioether (sulfide) groups is 1. The van der Waals surface area contributed by atoms with E-state index in [4.69, 9.17) is 0 Å². The summed E-state index contributed by atoms with van der Waals surface area (Å²) in [5.74, 6) is -0.724. The molecule has 1 aliphatic rings. The van der Waals surface area contributed by atoms with E-state index in [0.717, 1.165) is 23.9 Å². The number of nitrogens with one attached hydrogen (secondary N) is 2. The van der Waals surface area contributed by atoms with Gasteiger partial charge >= 0.3 is 6.18 Å². The van der Waals surface area contributed by atoms with E-state index in [1.165, 1.54) is 6.07 Å². The molecule has 2 rings (SSSR count). The fourth-order valence-electron chi connectivity index (χ4n) is 1.90. The lowest BCUT2D eigenvalue weighted by Crippen LogP contribution is -2.34. The van der Waals surface area contributed by atoms with Crippen LogP contribution >= 0.6 is 11.8 Å². The van der Waals surface area contributed by atoms with E-state index in [2.05, 4.69) is 10.6 Å². The Morgan fingerprint density at radius 3 is 2.76 bits per heavy atom. The highest BCUT2D eigenvalue weighted by atomic mass is 32.2. The molecule has 114 valence electrons. The first kappa shape index (κ1) is 15.7. The van der Waals surface area contributed by atoms with Crippen molar-refractivity contribution in [1.29, 1.82) is 0 Å². The summed E-state index contributed by atoms with van der Waals surface area (Å²) in [6.07, 6.45) is -4.47. The smallest absolute Gasteiger partial charge is 0.356 e. The van der Waals surface area contributed by atoms with E-state index < -0.39 is 22.9 Å². The monoisotopic (exact) mass is 318 g/mol. The van der Waals surface area contributed by atoms with Crippen molar-refractivity contribution in [2.24, 2.45) is 0 Å². The molecule has 0 bridgehead atoms. The van der Waals surface area contributed by atoms with Gasteiger partial charge in [-0.1, -0.05) is 0 Å². The first-order chi connectivity index (χ1) is 9.81. The molecule has 1 heterocycles. The lowest BCUT2D eigenvalue weighted by molar-refractivity contribution is -0.137. The molecule has 2 N–H and O–H groups in total. The first-order valence-electron chi connectivity index (χ1n) is 6.26. The minimum absolute atomic E-state index is 0.00912. The van der Waals surface area contributed by atoms with Gasteiger partial charge in [-0.15, -0.1) is 11.8 Å². The maximum atomic E-state index is 12.6. The zero-order valence-electron chi connectivity index (χ0n) is 11.1. The van der Waals surface area contributed by atoms with Gasteiger partial charge in [0.25, 0.3) is 0 Å². The molecule has 0 aromatic heterocycles. The molecule has 1 atom stereocenters. The Bertz CT molecular complexity index is 575. The number of benzene rings is 1. The molecule has 0 spiro atoms. The molecule has 0 unspecified atom stereocenters. The van der Waals surface area contributed by atoms with Crippen LogP contribution in [0.15, 0.2) is 23.1 Å². The minimum Gasteiger partial charge on any atom is -0.356 e. The number of fused-ring (bicyclic) bond motifs is 1. The molecule has 0 saturated heterocycles. The number of rotatable bonds is 3. The van der Waals surface area contributed by atoms with Crippen LogP contribution in [0.3, 0.4) is 0 Å². The average Bonchev–Trinajstić information content (AvgIpc) is 2.38. The number of alkyl halides is 3. The van der Waals surface area contributed by atoms with Crippen molar-refractivity contribution in [3.63, 3.8) is 0 Å². The van der Waals surface area contributed by atoms with Gasteiger partial charge in [-0.05, 0) is 25.1 Å². The Morgan fingerprint density at radius 2 is 2.14 bits per heavy atom. The van der Waals surface area contributed by atoms with Crippen molar-refractivity contribution >= 4 is 29.3 Å². The highest BCUT2D eigenvalue weighted by Crippen LogP contribution is 2.40. The molecule has 1 aliphatic heterocycles. The Hall–Kier alpha value is -1.70. The van der Waals surface area contributed by atoms with Gasteiger partial charge < -0.3 is 10.6 Å². The van der Waals surface area contributed by atoms with Gasteiger partial charge in [0.05, 0.1) is 16.5 Å². The summed E-state index contributed by atoms with van der Waals surface area (Å²) in [7, 11) is 0. The van der Waals surface area contributed by atoms with Gasteiger partial charge in [-0.2, -0.15) is 13.2 Å². The van der Waals surface area contributed by atoms with E-state index in [1.807, 2.05) is 0 Å². The molecule has 21 heavy (non-hydrogen) atoms. The fraction of sp³-hybridized carbons (Fsp3) is 0.385. The van der Waals surface area contributed by atoms with Crippen molar-refractivity contribution in [3.05, 3.63) is 23.8 Å². The van der Waals surface area contributed by atoms with Crippen LogP contribution in [0.4, 0.5) is 18.9 Å². The van der Waals surface area contributed by atoms with E-state index in [9.17, 15) is 22.8 Å². The SMILES string of the molecule is CCNC(=O)C[C@H]1Sc2ccc(C(F)(F)F)cc2NC1=O. The second kappa shape index (κ2) is 5.97. The zero-order valence-corrected chi connectivity index (χ0v) is 11.9. The second-order valence-electron chi connectivity index (χ2n) is 4.46. The maximum absolute atomic E-state index is 12.6. The molecular formula is C13H13F3N2O2S. The topological polar surface area (TPSA) is 58.2 Å². The van der Waals surface area contributed by atoms with Gasteiger partial charge in [0.1, 0.15) is 0 Å². The number of halogens is 3. The molecule has 0 saturated carbocycles. The van der Waals surface area contributed by atoms with Crippen LogP contribution in [0.5, 0.6) is 0 Å². The number of hydrogen-bond acceptors (Lipinski definition) is 3. The lowest BCUT2D eigenvalue weighted by atomic mass is 10.1.